The number of carbonyl (C=O) groups excluding carboxylic acids is 2. The Kier molecular flexibility index (Phi) is 35.4. The SMILES string of the molecule is CC1[C@H](C)OC(=O)C[C@H](O)C[C@H](O)CC[C@@H](O)[C@H](O)C[C@H](O)C[C@]2(O)C[C@H](O)C(C(=O)NCCNCCNCCN)C(C[C@@H](O[C@@H]3O[C@H](C)[C@@H](O)[C@H](NC[C@@]4(O)OC[C@@H](O)[C@@H](O[C@@H]5O[C@H](CO)[C@H](O)[C@H](O)[C@H]5O)[C@@H]4O)[C@@H]3O)C=CC=CC=CC=CC=CC=CC=C[C@H](C)[C@H]1O)O2. The number of fused-ring (bicyclic) bond motifs is 2. The van der Waals surface area contributed by atoms with Crippen LogP contribution in [0.2, 0.25) is 0 Å². The Morgan fingerprint density at radius 2 is 1.21 bits per heavy atom. The van der Waals surface area contributed by atoms with Gasteiger partial charge >= 0.3 is 5.97 Å². The Labute approximate surface area is 559 Å². The molecule has 4 fully saturated rings. The zero-order chi connectivity index (χ0) is 70.9. The summed E-state index contributed by atoms with van der Waals surface area (Å²) >= 11 is 0. The molecule has 0 aromatic carbocycles. The Hall–Kier alpha value is -3.96. The van der Waals surface area contributed by atoms with Crippen molar-refractivity contribution in [2.45, 2.75) is 231 Å². The number of allylic oxidation sites excluding steroid dienone is 12. The lowest BCUT2D eigenvalue weighted by atomic mass is 9.82. The summed E-state index contributed by atoms with van der Waals surface area (Å²) in [5, 5.41) is 200. The third kappa shape index (κ3) is 25.6. The number of amides is 1. The van der Waals surface area contributed by atoms with Crippen LogP contribution in [0.4, 0.5) is 0 Å². The number of hydrogen-bond donors (Lipinski definition) is 22. The van der Waals surface area contributed by atoms with Crippen LogP contribution in [0.5, 0.6) is 0 Å². The molecule has 23 N–H and O–H groups in total. The van der Waals surface area contributed by atoms with Crippen LogP contribution in [-0.4, -0.2) is 310 Å². The van der Waals surface area contributed by atoms with Gasteiger partial charge in [-0.15, -0.1) is 0 Å². The number of aliphatic hydroxyl groups excluding tert-OH is 15. The molecule has 31 heteroatoms. The minimum absolute atomic E-state index is 0.0738. The molecule has 96 heavy (non-hydrogen) atoms. The van der Waals surface area contributed by atoms with Crippen LogP contribution in [0.15, 0.2) is 85.1 Å². The third-order valence-corrected chi connectivity index (χ3v) is 17.8. The highest BCUT2D eigenvalue weighted by atomic mass is 16.7. The monoisotopic (exact) mass is 1380 g/mol. The minimum Gasteiger partial charge on any atom is -0.462 e. The maximum Gasteiger partial charge on any atom is 0.308 e. The van der Waals surface area contributed by atoms with E-state index in [1.165, 1.54) is 13.0 Å². The van der Waals surface area contributed by atoms with Gasteiger partial charge in [0, 0.05) is 76.8 Å². The molecule has 5 rings (SSSR count). The third-order valence-electron chi connectivity index (χ3n) is 17.8. The van der Waals surface area contributed by atoms with Crippen molar-refractivity contribution in [3.63, 3.8) is 0 Å². The molecule has 5 aliphatic heterocycles. The molecule has 0 aliphatic carbocycles. The first-order valence-electron chi connectivity index (χ1n) is 33.1. The highest BCUT2D eigenvalue weighted by Gasteiger charge is 2.55. The summed E-state index contributed by atoms with van der Waals surface area (Å²) < 4.78 is 40.8. The van der Waals surface area contributed by atoms with Gasteiger partial charge < -0.3 is 147 Å². The van der Waals surface area contributed by atoms with E-state index >= 15 is 0 Å². The van der Waals surface area contributed by atoms with E-state index in [2.05, 4.69) is 21.3 Å². The highest BCUT2D eigenvalue weighted by Crippen LogP contribution is 2.39. The van der Waals surface area contributed by atoms with Gasteiger partial charge in [0.1, 0.15) is 54.9 Å². The second-order valence-electron chi connectivity index (χ2n) is 25.6. The van der Waals surface area contributed by atoms with E-state index in [-0.39, 0.29) is 31.7 Å². The Bertz CT molecular complexity index is 2500. The van der Waals surface area contributed by atoms with E-state index in [9.17, 15) is 96.4 Å². The van der Waals surface area contributed by atoms with Gasteiger partial charge in [0.25, 0.3) is 0 Å². The molecule has 3 unspecified atom stereocenters. The topological polar surface area (TPSA) is 517 Å². The van der Waals surface area contributed by atoms with Crippen molar-refractivity contribution in [3.8, 4) is 0 Å². The summed E-state index contributed by atoms with van der Waals surface area (Å²) in [4.78, 5) is 27.1. The van der Waals surface area contributed by atoms with Crippen LogP contribution in [0.1, 0.15) is 79.1 Å². The molecule has 31 nitrogen and oxygen atoms in total. The zero-order valence-corrected chi connectivity index (χ0v) is 55.0. The van der Waals surface area contributed by atoms with E-state index in [4.69, 9.17) is 38.9 Å². The van der Waals surface area contributed by atoms with Crippen molar-refractivity contribution in [2.24, 2.45) is 23.5 Å². The molecule has 0 aromatic heterocycles. The number of esters is 1. The van der Waals surface area contributed by atoms with Gasteiger partial charge in [0.15, 0.2) is 18.4 Å². The Morgan fingerprint density at radius 1 is 0.604 bits per heavy atom. The molecule has 2 bridgehead atoms. The molecule has 0 saturated carbocycles. The summed E-state index contributed by atoms with van der Waals surface area (Å²) in [7, 11) is 0. The largest absolute Gasteiger partial charge is 0.462 e. The molecule has 0 aromatic rings. The smallest absolute Gasteiger partial charge is 0.308 e. The number of rotatable bonds is 17. The van der Waals surface area contributed by atoms with Crippen LogP contribution in [0, 0.1) is 17.8 Å². The summed E-state index contributed by atoms with van der Waals surface area (Å²) in [6.07, 6.45) is -13.9. The maximum atomic E-state index is 14.3. The van der Waals surface area contributed by atoms with Gasteiger partial charge in [0.05, 0.1) is 105 Å². The molecule has 5 heterocycles. The fourth-order valence-corrected chi connectivity index (χ4v) is 11.9. The summed E-state index contributed by atoms with van der Waals surface area (Å²) in [6.45, 7) is 6.79. The predicted molar refractivity (Wildman–Crippen MR) is 343 cm³/mol. The van der Waals surface area contributed by atoms with Gasteiger partial charge in [-0.25, -0.2) is 0 Å². The number of nitrogens with two attached hydrogens (primary N) is 1. The van der Waals surface area contributed by atoms with Crippen molar-refractivity contribution in [1.29, 1.82) is 0 Å². The van der Waals surface area contributed by atoms with Gasteiger partial charge in [-0.2, -0.15) is 0 Å². The second kappa shape index (κ2) is 41.1. The van der Waals surface area contributed by atoms with E-state index in [1.54, 1.807) is 92.8 Å². The van der Waals surface area contributed by atoms with Gasteiger partial charge in [-0.05, 0) is 33.1 Å². The average Bonchev–Trinajstić information content (AvgIpc) is 0.789. The molecular formula is C65H109N5O26. The van der Waals surface area contributed by atoms with Crippen LogP contribution >= 0.6 is 0 Å². The van der Waals surface area contributed by atoms with Crippen molar-refractivity contribution >= 4 is 11.9 Å². The molecule has 1 amide bonds. The van der Waals surface area contributed by atoms with Crippen molar-refractivity contribution < 1.29 is 130 Å². The van der Waals surface area contributed by atoms with Crippen LogP contribution < -0.4 is 27.0 Å². The minimum atomic E-state index is -2.68. The van der Waals surface area contributed by atoms with Crippen molar-refractivity contribution in [3.05, 3.63) is 85.1 Å². The first kappa shape index (κ1) is 82.7. The molecule has 0 radical (unpaired) electrons. The standard InChI is InChI=1S/C65H109N5O26/c1-36-17-15-13-11-9-7-5-6-8-10-12-14-16-18-43(93-62-56(83)52(54(81)39(4)92-62)70-35-65(89)60(86)59(47(78)34-90-65)95-63-58(85)57(84)55(82)49(33-71)94-63)30-48-51(61(87)69-26-25-68-24-23-67-22-21-66)46(77)32-64(88,96-48)31-42(74)28-45(76)44(75)20-19-40(72)27-41(73)29-50(79)91-38(3)37(2)53(36)80/h5-18,36-49,51-60,62-63,67-68,70-78,80-86,88-89H,19-35,66H2,1-4H3,(H,69,87)/t36-,37?,38-,39+,40+,41+,42-,43-,44+,45+,46-,47+,48?,49+,51?,52-,53+,54+,55-,56-,57-,58+,59+,60-,62-,63-,64+,65+/m0/s1. The molecule has 28 atom stereocenters. The summed E-state index contributed by atoms with van der Waals surface area (Å²) in [5.41, 5.74) is 5.56. The fraction of sp³-hybridized carbons (Fsp3) is 0.754. The number of ether oxygens (including phenoxy) is 7. The van der Waals surface area contributed by atoms with Gasteiger partial charge in [-0.1, -0.05) is 98.9 Å². The number of cyclic esters (lactones) is 1. The summed E-state index contributed by atoms with van der Waals surface area (Å²) in [6, 6.07) is -1.48. The molecule has 0 spiro atoms. The molecule has 5 aliphatic rings. The second-order valence-corrected chi connectivity index (χ2v) is 25.6. The van der Waals surface area contributed by atoms with Gasteiger partial charge in [-0.3, -0.25) is 9.59 Å². The number of aliphatic hydroxyl groups is 17. The van der Waals surface area contributed by atoms with E-state index in [0.29, 0.717) is 32.7 Å². The van der Waals surface area contributed by atoms with E-state index in [0.717, 1.165) is 0 Å². The number of hydrogen-bond acceptors (Lipinski definition) is 30. The maximum absolute atomic E-state index is 14.3. The Morgan fingerprint density at radius 3 is 1.84 bits per heavy atom. The predicted octanol–water partition coefficient (Wildman–Crippen LogP) is -5.86. The quantitative estimate of drug-likeness (QED) is 0.0476. The van der Waals surface area contributed by atoms with E-state index in [1.807, 2.05) is 6.92 Å². The van der Waals surface area contributed by atoms with E-state index < -0.39 is 228 Å². The summed E-state index contributed by atoms with van der Waals surface area (Å²) in [5.74, 6) is -8.85. The normalized spacial score (nSPS) is 42.0. The lowest BCUT2D eigenvalue weighted by Crippen LogP contribution is -2.70. The van der Waals surface area contributed by atoms with Gasteiger partial charge in [0.2, 0.25) is 11.7 Å². The highest BCUT2D eigenvalue weighted by molar-refractivity contribution is 5.80. The van der Waals surface area contributed by atoms with Crippen molar-refractivity contribution in [2.75, 3.05) is 59.0 Å². The first-order valence-corrected chi connectivity index (χ1v) is 33.1. The number of carbonyl (C=O) groups is 2. The van der Waals surface area contributed by atoms with Crippen LogP contribution in [-0.2, 0) is 42.7 Å². The molecular weight excluding hydrogens is 1270 g/mol. The van der Waals surface area contributed by atoms with Crippen LogP contribution in [0.3, 0.4) is 0 Å². The molecule has 550 valence electrons. The Balaban J connectivity index is 1.43. The fourth-order valence-electron chi connectivity index (χ4n) is 11.9. The van der Waals surface area contributed by atoms with Crippen molar-refractivity contribution in [1.82, 2.24) is 21.3 Å². The van der Waals surface area contributed by atoms with Crippen LogP contribution in [0.25, 0.3) is 0 Å². The first-order chi connectivity index (χ1) is 45.5. The molecule has 4 saturated heterocycles. The average molecular weight is 1380 g/mol. The lowest BCUT2D eigenvalue weighted by molar-refractivity contribution is -0.368. The zero-order valence-electron chi connectivity index (χ0n) is 55.0. The lowest BCUT2D eigenvalue weighted by Gasteiger charge is -2.48. The number of nitrogens with one attached hydrogen (secondary N) is 4.